The van der Waals surface area contributed by atoms with E-state index >= 15 is 0 Å². The first-order chi connectivity index (χ1) is 17.5. The molecule has 2 atom stereocenters. The van der Waals surface area contributed by atoms with E-state index in [0.717, 1.165) is 86.3 Å². The summed E-state index contributed by atoms with van der Waals surface area (Å²) in [4.78, 5) is 0. The molecule has 4 aliphatic rings. The fourth-order valence-electron chi connectivity index (χ4n) is 7.01. The highest BCUT2D eigenvalue weighted by Gasteiger charge is 2.48. The predicted molar refractivity (Wildman–Crippen MR) is 136 cm³/mol. The van der Waals surface area contributed by atoms with Gasteiger partial charge in [0.05, 0.1) is 13.1 Å². The molecule has 3 saturated heterocycles. The van der Waals surface area contributed by atoms with Gasteiger partial charge in [-0.3, -0.25) is 0 Å². The second-order valence-electron chi connectivity index (χ2n) is 11.3. The number of nitrogens with zero attached hydrogens (tertiary/aromatic N) is 2. The molecule has 0 radical (unpaired) electrons. The Balaban J connectivity index is 0.00000280. The molecule has 7 rings (SSSR count). The van der Waals surface area contributed by atoms with Crippen LogP contribution >= 0.6 is 0 Å². The molecule has 2 bridgehead atoms. The number of rotatable bonds is 7. The van der Waals surface area contributed by atoms with Gasteiger partial charge < -0.3 is 36.4 Å². The van der Waals surface area contributed by atoms with Crippen molar-refractivity contribution >= 4 is 0 Å². The molecule has 0 spiro atoms. The van der Waals surface area contributed by atoms with Crippen LogP contribution in [-0.4, -0.2) is 45.6 Å². The van der Waals surface area contributed by atoms with Gasteiger partial charge in [0.2, 0.25) is 0 Å². The molecule has 37 heavy (non-hydrogen) atoms. The molecule has 0 unspecified atom stereocenters. The van der Waals surface area contributed by atoms with Crippen molar-refractivity contribution in [3.63, 3.8) is 0 Å². The zero-order valence-electron chi connectivity index (χ0n) is 21.3. The number of aliphatic hydroxyl groups is 1. The molecule has 3 aromatic rings. The number of aromatic nitrogens is 1. The Morgan fingerprint density at radius 3 is 2.43 bits per heavy atom. The smallest absolute Gasteiger partial charge is 0.191 e. The van der Waals surface area contributed by atoms with Crippen LogP contribution in [0.4, 0.5) is 0 Å². The van der Waals surface area contributed by atoms with E-state index in [0.29, 0.717) is 11.6 Å². The van der Waals surface area contributed by atoms with Gasteiger partial charge in [-0.25, -0.2) is 0 Å². The minimum atomic E-state index is -1.13. The number of halogens is 1. The summed E-state index contributed by atoms with van der Waals surface area (Å²) in [7, 11) is 0. The molecule has 4 fully saturated rings. The van der Waals surface area contributed by atoms with Crippen molar-refractivity contribution in [3.05, 3.63) is 77.7 Å². The van der Waals surface area contributed by atoms with Gasteiger partial charge in [0.25, 0.3) is 0 Å². The Morgan fingerprint density at radius 2 is 1.70 bits per heavy atom. The lowest BCUT2D eigenvalue weighted by Gasteiger charge is -2.51. The fraction of sp³-hybridized carbons (Fsp3) is 0.500. The van der Waals surface area contributed by atoms with Crippen molar-refractivity contribution in [2.75, 3.05) is 19.6 Å². The van der Waals surface area contributed by atoms with Crippen molar-refractivity contribution < 1.29 is 36.4 Å². The predicted octanol–water partition coefficient (Wildman–Crippen LogP) is 2.39. The summed E-state index contributed by atoms with van der Waals surface area (Å²) in [6.07, 6.45) is 7.91. The van der Waals surface area contributed by atoms with E-state index < -0.39 is 5.60 Å². The molecule has 6 nitrogen and oxygen atoms in total. The summed E-state index contributed by atoms with van der Waals surface area (Å²) in [5.41, 5.74) is 0.426. The second-order valence-corrected chi connectivity index (χ2v) is 11.3. The van der Waals surface area contributed by atoms with Crippen LogP contribution < -0.4 is 17.1 Å². The summed E-state index contributed by atoms with van der Waals surface area (Å²) >= 11 is 0. The third-order valence-electron chi connectivity index (χ3n) is 9.00. The van der Waals surface area contributed by atoms with Crippen LogP contribution in [0.25, 0.3) is 0 Å². The molecule has 198 valence electrons. The van der Waals surface area contributed by atoms with Crippen molar-refractivity contribution in [1.29, 1.82) is 0 Å². The van der Waals surface area contributed by atoms with Gasteiger partial charge in [0.1, 0.15) is 35.9 Å². The number of phenolic OH excluding ortho intramolecular Hbond substituents is 1. The normalized spacial score (nSPS) is 27.3. The average Bonchev–Trinajstić information content (AvgIpc) is 3.38. The topological polar surface area (TPSA) is 75.7 Å². The van der Waals surface area contributed by atoms with E-state index in [2.05, 4.69) is 5.16 Å². The number of ether oxygens (including phenoxy) is 1. The highest BCUT2D eigenvalue weighted by atomic mass is 35.5. The van der Waals surface area contributed by atoms with Gasteiger partial charge in [-0.05, 0) is 36.5 Å². The number of quaternary nitrogens is 1. The Bertz CT molecular complexity index is 1170. The zero-order chi connectivity index (χ0) is 24.6. The Morgan fingerprint density at radius 1 is 0.946 bits per heavy atom. The van der Waals surface area contributed by atoms with Crippen molar-refractivity contribution in [1.82, 2.24) is 5.16 Å². The molecule has 0 amide bonds. The minimum Gasteiger partial charge on any atom is -1.00 e. The summed E-state index contributed by atoms with van der Waals surface area (Å²) in [6.45, 7) is 3.88. The first kappa shape index (κ1) is 26.1. The van der Waals surface area contributed by atoms with Crippen molar-refractivity contribution in [2.45, 2.75) is 63.2 Å². The lowest BCUT2D eigenvalue weighted by Crippen LogP contribution is -3.00. The monoisotopic (exact) mass is 524 g/mol. The molecule has 1 aliphatic carbocycles. The first-order valence-electron chi connectivity index (χ1n) is 13.6. The molecule has 1 saturated carbocycles. The van der Waals surface area contributed by atoms with E-state index in [1.165, 1.54) is 6.42 Å². The highest BCUT2D eigenvalue weighted by molar-refractivity contribution is 5.34. The average molecular weight is 525 g/mol. The van der Waals surface area contributed by atoms with Crippen molar-refractivity contribution in [2.24, 2.45) is 11.8 Å². The van der Waals surface area contributed by atoms with Crippen LogP contribution in [0.3, 0.4) is 0 Å². The van der Waals surface area contributed by atoms with E-state index in [1.54, 1.807) is 12.1 Å². The number of hydrogen-bond acceptors (Lipinski definition) is 5. The standard InChI is InChI=1S/C30H36N2O4.ClH/c33-25-12-7-13-26(18-25)35-28-21-32(16-14-22(28)15-17-32)20-27-19-29(31-36-27)30(34,23-8-3-1-4-9-23)24-10-5-2-6-11-24;/h1,3-4,7-9,12-13,18-19,22,24,28,34H,2,5-6,10-11,14-17,20-21H2;1H/t22?,28-,30-,32?;/m0./s1. The largest absolute Gasteiger partial charge is 1.00 e. The maximum atomic E-state index is 12.2. The third kappa shape index (κ3) is 5.12. The summed E-state index contributed by atoms with van der Waals surface area (Å²) < 4.78 is 13.2. The Hall–Kier alpha value is -2.54. The SMILES string of the molecule is Oc1cccc(O[C@H]2C[N+]3(Cc4cc([C@](O)(c5ccccc5)C5CCCCC5)no4)CCC2CC3)c1.[Cl-]. The summed E-state index contributed by atoms with van der Waals surface area (Å²) in [6, 6.07) is 19.1. The number of fused-ring (bicyclic) bond motifs is 3. The van der Waals surface area contributed by atoms with Crippen LogP contribution in [0.1, 0.15) is 62.0 Å². The molecule has 2 aromatic carbocycles. The third-order valence-corrected chi connectivity index (χ3v) is 9.00. The Kier molecular flexibility index (Phi) is 7.53. The highest BCUT2D eigenvalue weighted by Crippen LogP contribution is 2.44. The second kappa shape index (κ2) is 10.7. The minimum absolute atomic E-state index is 0. The molecular weight excluding hydrogens is 488 g/mol. The maximum Gasteiger partial charge on any atom is 0.191 e. The van der Waals surface area contributed by atoms with Gasteiger partial charge in [-0.1, -0.05) is 60.8 Å². The number of benzene rings is 2. The van der Waals surface area contributed by atoms with Gasteiger partial charge >= 0.3 is 0 Å². The van der Waals surface area contributed by atoms with Gasteiger partial charge in [-0.15, -0.1) is 0 Å². The lowest BCUT2D eigenvalue weighted by molar-refractivity contribution is -0.959. The van der Waals surface area contributed by atoms with E-state index in [-0.39, 0.29) is 30.2 Å². The first-order valence-corrected chi connectivity index (χ1v) is 13.6. The number of aromatic hydroxyl groups is 1. The van der Waals surface area contributed by atoms with E-state index in [1.807, 2.05) is 48.5 Å². The fourth-order valence-corrected chi connectivity index (χ4v) is 7.01. The lowest BCUT2D eigenvalue weighted by atomic mass is 9.71. The Labute approximate surface area is 225 Å². The van der Waals surface area contributed by atoms with Crippen LogP contribution in [0.5, 0.6) is 11.5 Å². The summed E-state index contributed by atoms with van der Waals surface area (Å²) in [5.74, 6) is 2.49. The molecule has 2 N–H and O–H groups in total. The van der Waals surface area contributed by atoms with Gasteiger partial charge in [-0.2, -0.15) is 0 Å². The number of phenols is 1. The van der Waals surface area contributed by atoms with Gasteiger partial charge in [0, 0.05) is 30.9 Å². The molecular formula is C30H37ClN2O4. The molecule has 4 heterocycles. The quantitative estimate of drug-likeness (QED) is 0.464. The molecule has 1 aromatic heterocycles. The number of piperidine rings is 3. The summed E-state index contributed by atoms with van der Waals surface area (Å²) in [5, 5.41) is 26.5. The van der Waals surface area contributed by atoms with Crippen LogP contribution in [-0.2, 0) is 12.1 Å². The van der Waals surface area contributed by atoms with Crippen LogP contribution in [0.2, 0.25) is 0 Å². The zero-order valence-corrected chi connectivity index (χ0v) is 22.0. The maximum absolute atomic E-state index is 12.2. The van der Waals surface area contributed by atoms with E-state index in [4.69, 9.17) is 9.26 Å². The van der Waals surface area contributed by atoms with Crippen LogP contribution in [0, 0.1) is 11.8 Å². The number of hydrogen-bond donors (Lipinski definition) is 2. The van der Waals surface area contributed by atoms with Crippen LogP contribution in [0.15, 0.2) is 65.2 Å². The van der Waals surface area contributed by atoms with E-state index in [9.17, 15) is 10.2 Å². The van der Waals surface area contributed by atoms with Gasteiger partial charge in [0.15, 0.2) is 11.9 Å². The molecule has 3 aliphatic heterocycles. The molecule has 7 heteroatoms. The van der Waals surface area contributed by atoms with Crippen molar-refractivity contribution in [3.8, 4) is 11.5 Å².